The highest BCUT2D eigenvalue weighted by Gasteiger charge is 2.17. The molecule has 1 rings (SSSR count). The summed E-state index contributed by atoms with van der Waals surface area (Å²) in [5.41, 5.74) is 0. The molecule has 0 aliphatic heterocycles. The second-order valence-corrected chi connectivity index (χ2v) is 5.36. The quantitative estimate of drug-likeness (QED) is 0.744. The van der Waals surface area contributed by atoms with Crippen molar-refractivity contribution in [3.8, 4) is 0 Å². The van der Waals surface area contributed by atoms with Crippen LogP contribution in [0.1, 0.15) is 45.9 Å². The van der Waals surface area contributed by atoms with Gasteiger partial charge in [-0.2, -0.15) is 0 Å². The number of carbonyl (C=O) groups is 2. The van der Waals surface area contributed by atoms with Gasteiger partial charge in [0.1, 0.15) is 0 Å². The maximum Gasteiger partial charge on any atom is 0.322 e. The maximum atomic E-state index is 11.9. The molecule has 8 heteroatoms. The van der Waals surface area contributed by atoms with Crippen LogP contribution in [0.5, 0.6) is 0 Å². The molecule has 118 valence electrons. The molecule has 0 spiro atoms. The smallest absolute Gasteiger partial charge is 0.322 e. The van der Waals surface area contributed by atoms with E-state index in [0.717, 1.165) is 0 Å². The lowest BCUT2D eigenvalue weighted by molar-refractivity contribution is -0.137. The van der Waals surface area contributed by atoms with Gasteiger partial charge in [-0.3, -0.25) is 19.8 Å². The van der Waals surface area contributed by atoms with Gasteiger partial charge in [-0.1, -0.05) is 18.9 Å². The van der Waals surface area contributed by atoms with E-state index < -0.39 is 5.97 Å². The summed E-state index contributed by atoms with van der Waals surface area (Å²) in [7, 11) is 0. The van der Waals surface area contributed by atoms with E-state index in [-0.39, 0.29) is 36.8 Å². The molecule has 1 aromatic heterocycles. The highest BCUT2D eigenvalue weighted by Crippen LogP contribution is 2.14. The largest absolute Gasteiger partial charge is 0.481 e. The van der Waals surface area contributed by atoms with Crippen LogP contribution in [0.2, 0.25) is 0 Å². The van der Waals surface area contributed by atoms with E-state index in [1.807, 2.05) is 27.7 Å². The molecule has 0 bridgehead atoms. The van der Waals surface area contributed by atoms with Crippen molar-refractivity contribution in [3.63, 3.8) is 0 Å². The third-order valence-corrected chi connectivity index (χ3v) is 2.87. The van der Waals surface area contributed by atoms with Crippen molar-refractivity contribution >= 4 is 17.9 Å². The number of hydrogen-bond acceptors (Lipinski definition) is 6. The number of hydrogen-bond donors (Lipinski definition) is 2. The molecule has 21 heavy (non-hydrogen) atoms. The van der Waals surface area contributed by atoms with Crippen LogP contribution in [0.15, 0.2) is 4.42 Å². The van der Waals surface area contributed by atoms with Crippen LogP contribution < -0.4 is 5.32 Å². The molecule has 2 N–H and O–H groups in total. The topological polar surface area (TPSA) is 109 Å². The zero-order chi connectivity index (χ0) is 16.0. The molecule has 0 saturated carbocycles. The normalized spacial score (nSPS) is 11.4. The average Bonchev–Trinajstić information content (AvgIpc) is 2.82. The fourth-order valence-electron chi connectivity index (χ4n) is 1.62. The summed E-state index contributed by atoms with van der Waals surface area (Å²) in [6.45, 7) is 8.00. The van der Waals surface area contributed by atoms with E-state index in [9.17, 15) is 9.59 Å². The Morgan fingerprint density at radius 1 is 1.29 bits per heavy atom. The SMILES string of the molecule is CC(C)c1nnc(NC(=O)CN(CCC(=O)O)C(C)C)o1. The second kappa shape index (κ2) is 7.72. The van der Waals surface area contributed by atoms with Gasteiger partial charge in [0, 0.05) is 18.5 Å². The Morgan fingerprint density at radius 2 is 1.95 bits per heavy atom. The van der Waals surface area contributed by atoms with Gasteiger partial charge < -0.3 is 9.52 Å². The summed E-state index contributed by atoms with van der Waals surface area (Å²) in [6, 6.07) is 0.120. The number of carbonyl (C=O) groups excluding carboxylic acids is 1. The number of rotatable bonds is 8. The molecule has 0 aromatic carbocycles. The van der Waals surface area contributed by atoms with Crippen molar-refractivity contribution in [1.82, 2.24) is 15.1 Å². The molecule has 0 fully saturated rings. The van der Waals surface area contributed by atoms with E-state index in [1.165, 1.54) is 0 Å². The standard InChI is InChI=1S/C13H22N4O4/c1-8(2)12-15-16-13(21-12)14-10(18)7-17(9(3)4)6-5-11(19)20/h8-9H,5-7H2,1-4H3,(H,19,20)(H,14,16,18). The maximum absolute atomic E-state index is 11.9. The number of aromatic nitrogens is 2. The van der Waals surface area contributed by atoms with Crippen LogP contribution in [0, 0.1) is 0 Å². The number of amides is 1. The van der Waals surface area contributed by atoms with Gasteiger partial charge in [-0.15, -0.1) is 5.10 Å². The molecular formula is C13H22N4O4. The first-order valence-electron chi connectivity index (χ1n) is 6.88. The van der Waals surface area contributed by atoms with E-state index in [4.69, 9.17) is 9.52 Å². The summed E-state index contributed by atoms with van der Waals surface area (Å²) in [6.07, 6.45) is -0.0104. The molecule has 1 heterocycles. The Bertz CT molecular complexity index is 484. The molecule has 0 saturated heterocycles. The Morgan fingerprint density at radius 3 is 2.43 bits per heavy atom. The number of anilines is 1. The van der Waals surface area contributed by atoms with E-state index in [0.29, 0.717) is 12.4 Å². The molecule has 1 aromatic rings. The summed E-state index contributed by atoms with van der Waals surface area (Å²) in [5.74, 6) is -0.657. The third kappa shape index (κ3) is 5.90. The number of nitrogens with zero attached hydrogens (tertiary/aromatic N) is 3. The predicted molar refractivity (Wildman–Crippen MR) is 76.0 cm³/mol. The minimum atomic E-state index is -0.889. The minimum absolute atomic E-state index is 0.0104. The fraction of sp³-hybridized carbons (Fsp3) is 0.692. The van der Waals surface area contributed by atoms with Crippen molar-refractivity contribution in [1.29, 1.82) is 0 Å². The summed E-state index contributed by atoms with van der Waals surface area (Å²) < 4.78 is 5.29. The second-order valence-electron chi connectivity index (χ2n) is 5.36. The van der Waals surface area contributed by atoms with Crippen LogP contribution >= 0.6 is 0 Å². The highest BCUT2D eigenvalue weighted by molar-refractivity contribution is 5.90. The van der Waals surface area contributed by atoms with Gasteiger partial charge in [-0.25, -0.2) is 0 Å². The van der Waals surface area contributed by atoms with Crippen molar-refractivity contribution in [3.05, 3.63) is 5.89 Å². The van der Waals surface area contributed by atoms with Gasteiger partial charge in [-0.05, 0) is 13.8 Å². The first-order valence-corrected chi connectivity index (χ1v) is 6.88. The van der Waals surface area contributed by atoms with Crippen LogP contribution in [0.25, 0.3) is 0 Å². The van der Waals surface area contributed by atoms with Crippen molar-refractivity contribution in [2.75, 3.05) is 18.4 Å². The summed E-state index contributed by atoms with van der Waals surface area (Å²) in [4.78, 5) is 24.3. The van der Waals surface area contributed by atoms with Gasteiger partial charge in [0.05, 0.1) is 13.0 Å². The highest BCUT2D eigenvalue weighted by atomic mass is 16.4. The first-order chi connectivity index (χ1) is 9.79. The molecule has 1 amide bonds. The molecule has 0 aliphatic carbocycles. The lowest BCUT2D eigenvalue weighted by atomic mass is 10.2. The van der Waals surface area contributed by atoms with Gasteiger partial charge in [0.25, 0.3) is 0 Å². The Hall–Kier alpha value is -1.96. The summed E-state index contributed by atoms with van der Waals surface area (Å²) in [5, 5.41) is 18.8. The van der Waals surface area contributed by atoms with Crippen molar-refractivity contribution < 1.29 is 19.1 Å². The number of carboxylic acids is 1. The van der Waals surface area contributed by atoms with Crippen LogP contribution in [0.4, 0.5) is 6.01 Å². The molecule has 0 radical (unpaired) electrons. The molecule has 0 unspecified atom stereocenters. The zero-order valence-electron chi connectivity index (χ0n) is 12.8. The predicted octanol–water partition coefficient (Wildman–Crippen LogP) is 1.32. The molecule has 8 nitrogen and oxygen atoms in total. The van der Waals surface area contributed by atoms with E-state index in [1.54, 1.807) is 4.90 Å². The zero-order valence-corrected chi connectivity index (χ0v) is 12.8. The number of carboxylic acid groups (broad SMARTS) is 1. The lowest BCUT2D eigenvalue weighted by Crippen LogP contribution is -2.39. The van der Waals surface area contributed by atoms with E-state index >= 15 is 0 Å². The monoisotopic (exact) mass is 298 g/mol. The van der Waals surface area contributed by atoms with E-state index in [2.05, 4.69) is 15.5 Å². The molecular weight excluding hydrogens is 276 g/mol. The van der Waals surface area contributed by atoms with Crippen molar-refractivity contribution in [2.24, 2.45) is 0 Å². The third-order valence-electron chi connectivity index (χ3n) is 2.87. The number of nitrogens with one attached hydrogen (secondary N) is 1. The van der Waals surface area contributed by atoms with Crippen LogP contribution in [0.3, 0.4) is 0 Å². The van der Waals surface area contributed by atoms with Gasteiger partial charge >= 0.3 is 12.0 Å². The van der Waals surface area contributed by atoms with Gasteiger partial charge in [0.2, 0.25) is 11.8 Å². The molecule has 0 atom stereocenters. The Labute approximate surface area is 123 Å². The summed E-state index contributed by atoms with van der Waals surface area (Å²) >= 11 is 0. The van der Waals surface area contributed by atoms with Crippen molar-refractivity contribution in [2.45, 2.75) is 46.1 Å². The van der Waals surface area contributed by atoms with Gasteiger partial charge in [0.15, 0.2) is 0 Å². The Balaban J connectivity index is 2.54. The van der Waals surface area contributed by atoms with Crippen LogP contribution in [-0.4, -0.2) is 51.2 Å². The molecule has 0 aliphatic rings. The first kappa shape index (κ1) is 17.1. The van der Waals surface area contributed by atoms with Crippen LogP contribution in [-0.2, 0) is 9.59 Å². The minimum Gasteiger partial charge on any atom is -0.481 e. The lowest BCUT2D eigenvalue weighted by Gasteiger charge is -2.24. The Kier molecular flexibility index (Phi) is 6.29. The number of aliphatic carboxylic acids is 1. The average molecular weight is 298 g/mol. The fourth-order valence-corrected chi connectivity index (χ4v) is 1.62.